The van der Waals surface area contributed by atoms with Gasteiger partial charge in [0.15, 0.2) is 0 Å². The van der Waals surface area contributed by atoms with Gasteiger partial charge in [-0.25, -0.2) is 0 Å². The standard InChI is InChI=1S/C14H19ClN2S/c1-3-8-17-14(2,11-16)7-9-18-13-6-4-5-12(15)10-13/h4-6,10,17H,3,7-9H2,1-2H3. The second-order valence-electron chi connectivity index (χ2n) is 4.43. The van der Waals surface area contributed by atoms with Crippen LogP contribution in [0.3, 0.4) is 0 Å². The molecule has 1 rings (SSSR count). The number of thioether (sulfide) groups is 1. The van der Waals surface area contributed by atoms with E-state index in [9.17, 15) is 5.26 Å². The Bertz CT molecular complexity index is 417. The maximum atomic E-state index is 9.21. The molecule has 0 aliphatic rings. The fourth-order valence-corrected chi connectivity index (χ4v) is 2.90. The molecule has 98 valence electrons. The highest BCUT2D eigenvalue weighted by atomic mass is 35.5. The fourth-order valence-electron chi connectivity index (χ4n) is 1.51. The molecule has 0 saturated carbocycles. The Morgan fingerprint density at radius 3 is 2.89 bits per heavy atom. The molecule has 1 unspecified atom stereocenters. The van der Waals surface area contributed by atoms with E-state index in [0.717, 1.165) is 35.1 Å². The summed E-state index contributed by atoms with van der Waals surface area (Å²) in [6.07, 6.45) is 1.86. The zero-order valence-electron chi connectivity index (χ0n) is 10.9. The first-order valence-corrected chi connectivity index (χ1v) is 7.50. The van der Waals surface area contributed by atoms with Gasteiger partial charge < -0.3 is 0 Å². The van der Waals surface area contributed by atoms with Gasteiger partial charge in [-0.1, -0.05) is 24.6 Å². The van der Waals surface area contributed by atoms with Gasteiger partial charge in [0.2, 0.25) is 0 Å². The number of nitrogens with zero attached hydrogens (tertiary/aromatic N) is 1. The highest BCUT2D eigenvalue weighted by molar-refractivity contribution is 7.99. The largest absolute Gasteiger partial charge is 0.300 e. The molecule has 0 fully saturated rings. The van der Waals surface area contributed by atoms with E-state index in [0.29, 0.717) is 0 Å². The molecule has 0 spiro atoms. The Morgan fingerprint density at radius 1 is 1.50 bits per heavy atom. The van der Waals surface area contributed by atoms with Crippen molar-refractivity contribution >= 4 is 23.4 Å². The molecular weight excluding hydrogens is 264 g/mol. The van der Waals surface area contributed by atoms with E-state index in [1.807, 2.05) is 31.2 Å². The van der Waals surface area contributed by atoms with E-state index in [4.69, 9.17) is 11.6 Å². The van der Waals surface area contributed by atoms with Crippen molar-refractivity contribution in [1.29, 1.82) is 5.26 Å². The summed E-state index contributed by atoms with van der Waals surface area (Å²) in [4.78, 5) is 1.15. The van der Waals surface area contributed by atoms with Gasteiger partial charge in [0.25, 0.3) is 0 Å². The fraction of sp³-hybridized carbons (Fsp3) is 0.500. The zero-order valence-corrected chi connectivity index (χ0v) is 12.4. The van der Waals surface area contributed by atoms with Crippen molar-refractivity contribution < 1.29 is 0 Å². The minimum Gasteiger partial charge on any atom is -0.300 e. The summed E-state index contributed by atoms with van der Waals surface area (Å²) in [6, 6.07) is 10.2. The SMILES string of the molecule is CCCNC(C)(C#N)CCSc1cccc(Cl)c1. The molecule has 0 aliphatic carbocycles. The number of nitrogens with one attached hydrogen (secondary N) is 1. The van der Waals surface area contributed by atoms with Crippen molar-refractivity contribution in [3.8, 4) is 6.07 Å². The number of hydrogen-bond donors (Lipinski definition) is 1. The van der Waals surface area contributed by atoms with Gasteiger partial charge in [-0.15, -0.1) is 11.8 Å². The molecule has 0 saturated heterocycles. The quantitative estimate of drug-likeness (QED) is 0.765. The Kier molecular flexibility index (Phi) is 6.56. The Labute approximate surface area is 119 Å². The lowest BCUT2D eigenvalue weighted by Crippen LogP contribution is -2.41. The number of halogens is 1. The van der Waals surface area contributed by atoms with Crippen LogP contribution in [-0.2, 0) is 0 Å². The lowest BCUT2D eigenvalue weighted by molar-refractivity contribution is 0.437. The van der Waals surface area contributed by atoms with E-state index in [2.05, 4.69) is 18.3 Å². The minimum atomic E-state index is -0.429. The summed E-state index contributed by atoms with van der Waals surface area (Å²) >= 11 is 7.67. The summed E-state index contributed by atoms with van der Waals surface area (Å²) in [7, 11) is 0. The van der Waals surface area contributed by atoms with Crippen molar-refractivity contribution in [2.24, 2.45) is 0 Å². The van der Waals surface area contributed by atoms with Crippen LogP contribution in [0.2, 0.25) is 5.02 Å². The summed E-state index contributed by atoms with van der Waals surface area (Å²) in [5.41, 5.74) is -0.429. The number of benzene rings is 1. The Balaban J connectivity index is 2.42. The third-order valence-electron chi connectivity index (χ3n) is 2.68. The van der Waals surface area contributed by atoms with Crippen LogP contribution in [0.15, 0.2) is 29.2 Å². The summed E-state index contributed by atoms with van der Waals surface area (Å²) in [6.45, 7) is 4.94. The van der Waals surface area contributed by atoms with Crippen LogP contribution in [0.5, 0.6) is 0 Å². The molecule has 1 aromatic rings. The smallest absolute Gasteiger partial charge is 0.104 e. The van der Waals surface area contributed by atoms with E-state index in [1.54, 1.807) is 11.8 Å². The lowest BCUT2D eigenvalue weighted by atomic mass is 10.0. The van der Waals surface area contributed by atoms with Crippen molar-refractivity contribution in [3.05, 3.63) is 29.3 Å². The highest BCUT2D eigenvalue weighted by Gasteiger charge is 2.21. The van der Waals surface area contributed by atoms with E-state index >= 15 is 0 Å². The third-order valence-corrected chi connectivity index (χ3v) is 3.91. The molecule has 1 N–H and O–H groups in total. The van der Waals surface area contributed by atoms with E-state index < -0.39 is 5.54 Å². The van der Waals surface area contributed by atoms with Gasteiger partial charge in [-0.2, -0.15) is 5.26 Å². The average Bonchev–Trinajstić information content (AvgIpc) is 2.36. The second kappa shape index (κ2) is 7.68. The third kappa shape index (κ3) is 5.30. The van der Waals surface area contributed by atoms with Crippen molar-refractivity contribution in [1.82, 2.24) is 5.32 Å². The van der Waals surface area contributed by atoms with Crippen LogP contribution in [0.4, 0.5) is 0 Å². The van der Waals surface area contributed by atoms with Gasteiger partial charge >= 0.3 is 0 Å². The topological polar surface area (TPSA) is 35.8 Å². The molecule has 0 aliphatic heterocycles. The summed E-state index contributed by atoms with van der Waals surface area (Å²) < 4.78 is 0. The van der Waals surface area contributed by atoms with Crippen LogP contribution in [0, 0.1) is 11.3 Å². The van der Waals surface area contributed by atoms with Crippen LogP contribution in [-0.4, -0.2) is 17.8 Å². The Hall–Kier alpha value is -0.690. The first-order chi connectivity index (χ1) is 8.59. The van der Waals surface area contributed by atoms with E-state index in [-0.39, 0.29) is 0 Å². The van der Waals surface area contributed by atoms with E-state index in [1.165, 1.54) is 0 Å². The minimum absolute atomic E-state index is 0.429. The molecule has 0 amide bonds. The molecule has 1 atom stereocenters. The Morgan fingerprint density at radius 2 is 2.28 bits per heavy atom. The molecule has 1 aromatic carbocycles. The van der Waals surface area contributed by atoms with Crippen molar-refractivity contribution in [3.63, 3.8) is 0 Å². The number of hydrogen-bond acceptors (Lipinski definition) is 3. The number of nitriles is 1. The molecule has 4 heteroatoms. The molecule has 0 aromatic heterocycles. The monoisotopic (exact) mass is 282 g/mol. The van der Waals surface area contributed by atoms with Crippen LogP contribution in [0.1, 0.15) is 26.7 Å². The van der Waals surface area contributed by atoms with Crippen LogP contribution in [0.25, 0.3) is 0 Å². The van der Waals surface area contributed by atoms with Gasteiger partial charge in [-0.05, 0) is 44.5 Å². The predicted molar refractivity (Wildman–Crippen MR) is 79.1 cm³/mol. The summed E-state index contributed by atoms with van der Waals surface area (Å²) in [5, 5.41) is 13.3. The lowest BCUT2D eigenvalue weighted by Gasteiger charge is -2.22. The molecule has 0 radical (unpaired) electrons. The molecular formula is C14H19ClN2S. The highest BCUT2D eigenvalue weighted by Crippen LogP contribution is 2.24. The first-order valence-electron chi connectivity index (χ1n) is 6.14. The molecule has 0 heterocycles. The van der Waals surface area contributed by atoms with Gasteiger partial charge in [0, 0.05) is 15.7 Å². The van der Waals surface area contributed by atoms with Crippen molar-refractivity contribution in [2.45, 2.75) is 37.1 Å². The van der Waals surface area contributed by atoms with Crippen molar-refractivity contribution in [2.75, 3.05) is 12.3 Å². The van der Waals surface area contributed by atoms with Crippen LogP contribution >= 0.6 is 23.4 Å². The predicted octanol–water partition coefficient (Wildman–Crippen LogP) is 4.10. The van der Waals surface area contributed by atoms with Gasteiger partial charge in [0.05, 0.1) is 6.07 Å². The molecule has 2 nitrogen and oxygen atoms in total. The maximum absolute atomic E-state index is 9.21. The zero-order chi connectivity index (χ0) is 13.4. The maximum Gasteiger partial charge on any atom is 0.104 e. The van der Waals surface area contributed by atoms with Crippen LogP contribution < -0.4 is 5.32 Å². The van der Waals surface area contributed by atoms with Gasteiger partial charge in [0.1, 0.15) is 5.54 Å². The summed E-state index contributed by atoms with van der Waals surface area (Å²) in [5.74, 6) is 0.904. The first kappa shape index (κ1) is 15.4. The molecule has 18 heavy (non-hydrogen) atoms. The normalized spacial score (nSPS) is 13.9. The van der Waals surface area contributed by atoms with Gasteiger partial charge in [-0.3, -0.25) is 5.32 Å². The average molecular weight is 283 g/mol. The number of rotatable bonds is 7. The second-order valence-corrected chi connectivity index (χ2v) is 6.03. The molecule has 0 bridgehead atoms.